The number of aromatic amines is 1. The van der Waals surface area contributed by atoms with E-state index in [9.17, 15) is 5.11 Å². The highest BCUT2D eigenvalue weighted by Crippen LogP contribution is 2.34. The number of hydrogen-bond acceptors (Lipinski definition) is 7. The van der Waals surface area contributed by atoms with Gasteiger partial charge >= 0.3 is 0 Å². The Kier molecular flexibility index (Phi) is 6.23. The molecule has 4 heterocycles. The molecule has 1 aliphatic heterocycles. The molecule has 0 spiro atoms. The van der Waals surface area contributed by atoms with Gasteiger partial charge in [-0.2, -0.15) is 0 Å². The van der Waals surface area contributed by atoms with E-state index in [0.29, 0.717) is 35.4 Å². The summed E-state index contributed by atoms with van der Waals surface area (Å²) < 4.78 is 13.5. The van der Waals surface area contributed by atoms with E-state index in [1.807, 2.05) is 36.7 Å². The number of nitrogens with one attached hydrogen (secondary N) is 2. The van der Waals surface area contributed by atoms with Gasteiger partial charge in [0.1, 0.15) is 19.0 Å². The van der Waals surface area contributed by atoms with Crippen LogP contribution in [-0.4, -0.2) is 75.5 Å². The van der Waals surface area contributed by atoms with Crippen LogP contribution in [0.5, 0.6) is 5.88 Å². The monoisotopic (exact) mass is 448 g/mol. The average molecular weight is 449 g/mol. The predicted octanol–water partition coefficient (Wildman–Crippen LogP) is 3.03. The summed E-state index contributed by atoms with van der Waals surface area (Å²) in [6.07, 6.45) is 9.24. The quantitative estimate of drug-likeness (QED) is 0.491. The minimum Gasteiger partial charge on any atom is -0.490 e. The van der Waals surface area contributed by atoms with Crippen LogP contribution in [0.15, 0.2) is 47.7 Å². The number of nitrogens with zero attached hydrogens (tertiary/aromatic N) is 4. The Hall–Kier alpha value is -3.43. The number of ether oxygens (including phenoxy) is 2. The number of rotatable bonds is 8. The molecule has 1 saturated heterocycles. The zero-order valence-electron chi connectivity index (χ0n) is 18.5. The molecular formula is C24H28N6O3. The molecule has 5 rings (SSSR count). The van der Waals surface area contributed by atoms with Gasteiger partial charge in [-0.3, -0.25) is 10.3 Å². The van der Waals surface area contributed by atoms with Crippen molar-refractivity contribution in [3.63, 3.8) is 0 Å². The first-order valence-corrected chi connectivity index (χ1v) is 11.4. The van der Waals surface area contributed by atoms with Crippen LogP contribution in [0.3, 0.4) is 0 Å². The normalized spacial score (nSPS) is 17.9. The van der Waals surface area contributed by atoms with Gasteiger partial charge in [0.05, 0.1) is 29.2 Å². The van der Waals surface area contributed by atoms with Crippen molar-refractivity contribution in [2.24, 2.45) is 4.99 Å². The second-order valence-electron chi connectivity index (χ2n) is 8.15. The van der Waals surface area contributed by atoms with Crippen molar-refractivity contribution in [1.29, 1.82) is 5.41 Å². The number of H-pyrrole nitrogens is 1. The Bertz CT molecular complexity index is 1200. The molecule has 0 amide bonds. The molecule has 0 bridgehead atoms. The SMILES string of the molecule is N=C1C(=Nc2c(OCCO)nn3ccccc23)C=C(OCCN2CCCCC2)c2[nH]ccc21. The molecule has 0 unspecified atom stereocenters. The third-order valence-electron chi connectivity index (χ3n) is 5.95. The van der Waals surface area contributed by atoms with Gasteiger partial charge in [-0.15, -0.1) is 5.10 Å². The summed E-state index contributed by atoms with van der Waals surface area (Å²) in [4.78, 5) is 10.4. The minimum atomic E-state index is -0.124. The first-order chi connectivity index (χ1) is 16.2. The Balaban J connectivity index is 1.46. The van der Waals surface area contributed by atoms with Gasteiger partial charge in [0.25, 0.3) is 5.88 Å². The Morgan fingerprint density at radius 2 is 2.00 bits per heavy atom. The van der Waals surface area contributed by atoms with E-state index in [1.165, 1.54) is 19.3 Å². The van der Waals surface area contributed by atoms with Crippen LogP contribution in [0.1, 0.15) is 30.5 Å². The van der Waals surface area contributed by atoms with Crippen LogP contribution in [0.2, 0.25) is 0 Å². The van der Waals surface area contributed by atoms with Crippen LogP contribution in [0.4, 0.5) is 5.69 Å². The lowest BCUT2D eigenvalue weighted by Crippen LogP contribution is -2.32. The topological polar surface area (TPSA) is 111 Å². The zero-order chi connectivity index (χ0) is 22.6. The summed E-state index contributed by atoms with van der Waals surface area (Å²) in [6, 6.07) is 7.53. The van der Waals surface area contributed by atoms with E-state index in [-0.39, 0.29) is 13.2 Å². The van der Waals surface area contributed by atoms with Crippen LogP contribution in [0.25, 0.3) is 11.3 Å². The minimum absolute atomic E-state index is 0.113. The Labute approximate surface area is 191 Å². The van der Waals surface area contributed by atoms with Crippen LogP contribution in [-0.2, 0) is 4.74 Å². The summed E-state index contributed by atoms with van der Waals surface area (Å²) in [5.74, 6) is 0.993. The maximum absolute atomic E-state index is 9.19. The van der Waals surface area contributed by atoms with Crippen molar-refractivity contribution in [2.45, 2.75) is 19.3 Å². The molecule has 3 N–H and O–H groups in total. The van der Waals surface area contributed by atoms with Crippen molar-refractivity contribution in [1.82, 2.24) is 19.5 Å². The number of aliphatic hydroxyl groups is 1. The van der Waals surface area contributed by atoms with E-state index >= 15 is 0 Å². The third-order valence-corrected chi connectivity index (χ3v) is 5.95. The van der Waals surface area contributed by atoms with Crippen molar-refractivity contribution in [2.75, 3.05) is 39.5 Å². The van der Waals surface area contributed by atoms with E-state index in [0.717, 1.165) is 36.4 Å². The number of aliphatic imine (C=N–C) groups is 1. The van der Waals surface area contributed by atoms with Crippen LogP contribution >= 0.6 is 0 Å². The van der Waals surface area contributed by atoms with Gasteiger partial charge in [0.2, 0.25) is 0 Å². The number of piperidine rings is 1. The predicted molar refractivity (Wildman–Crippen MR) is 127 cm³/mol. The molecule has 172 valence electrons. The van der Waals surface area contributed by atoms with Gasteiger partial charge in [-0.1, -0.05) is 12.5 Å². The lowest BCUT2D eigenvalue weighted by Gasteiger charge is -2.26. The molecule has 0 saturated carbocycles. The molecular weight excluding hydrogens is 420 g/mol. The molecule has 9 nitrogen and oxygen atoms in total. The number of fused-ring (bicyclic) bond motifs is 2. The van der Waals surface area contributed by atoms with Crippen LogP contribution < -0.4 is 4.74 Å². The molecule has 9 heteroatoms. The molecule has 3 aromatic rings. The maximum Gasteiger partial charge on any atom is 0.260 e. The highest BCUT2D eigenvalue weighted by atomic mass is 16.5. The van der Waals surface area contributed by atoms with Crippen molar-refractivity contribution < 1.29 is 14.6 Å². The lowest BCUT2D eigenvalue weighted by molar-refractivity contribution is 0.169. The van der Waals surface area contributed by atoms with Gasteiger partial charge in [-0.05, 0) is 44.1 Å². The molecule has 1 aliphatic carbocycles. The second kappa shape index (κ2) is 9.60. The van der Waals surface area contributed by atoms with E-state index < -0.39 is 0 Å². The number of likely N-dealkylation sites (tertiary alicyclic amines) is 1. The fourth-order valence-electron chi connectivity index (χ4n) is 4.29. The summed E-state index contributed by atoms with van der Waals surface area (Å²) >= 11 is 0. The van der Waals surface area contributed by atoms with Crippen LogP contribution in [0, 0.1) is 5.41 Å². The fourth-order valence-corrected chi connectivity index (χ4v) is 4.29. The number of hydrogen-bond donors (Lipinski definition) is 3. The summed E-state index contributed by atoms with van der Waals surface area (Å²) in [5, 5.41) is 22.4. The third kappa shape index (κ3) is 4.42. The maximum atomic E-state index is 9.19. The Morgan fingerprint density at radius 3 is 2.85 bits per heavy atom. The first-order valence-electron chi connectivity index (χ1n) is 11.4. The number of aromatic nitrogens is 3. The van der Waals surface area contributed by atoms with E-state index in [1.54, 1.807) is 10.6 Å². The fraction of sp³-hybridized carbons (Fsp3) is 0.375. The number of aliphatic hydroxyl groups excluding tert-OH is 1. The van der Waals surface area contributed by atoms with Gasteiger partial charge in [0.15, 0.2) is 5.69 Å². The molecule has 1 fully saturated rings. The molecule has 33 heavy (non-hydrogen) atoms. The Morgan fingerprint density at radius 1 is 1.12 bits per heavy atom. The zero-order valence-corrected chi connectivity index (χ0v) is 18.5. The summed E-state index contributed by atoms with van der Waals surface area (Å²) in [7, 11) is 0. The number of allylic oxidation sites excluding steroid dienone is 1. The lowest BCUT2D eigenvalue weighted by atomic mass is 9.98. The van der Waals surface area contributed by atoms with Crippen molar-refractivity contribution >= 4 is 28.4 Å². The molecule has 0 radical (unpaired) electrons. The molecule has 2 aliphatic rings. The van der Waals surface area contributed by atoms with Crippen molar-refractivity contribution in [3.8, 4) is 5.88 Å². The smallest absolute Gasteiger partial charge is 0.260 e. The second-order valence-corrected chi connectivity index (χ2v) is 8.15. The first kappa shape index (κ1) is 21.4. The molecule has 0 aromatic carbocycles. The largest absolute Gasteiger partial charge is 0.490 e. The average Bonchev–Trinajstić information content (AvgIpc) is 3.47. The molecule has 0 atom stereocenters. The highest BCUT2D eigenvalue weighted by molar-refractivity contribution is 6.54. The van der Waals surface area contributed by atoms with Gasteiger partial charge in [-0.25, -0.2) is 9.51 Å². The molecule has 3 aromatic heterocycles. The van der Waals surface area contributed by atoms with Crippen molar-refractivity contribution in [3.05, 3.63) is 54.0 Å². The standard InChI is InChI=1S/C24H28N6O3/c25-21-17-7-8-26-22(17)20(32-14-12-29-9-3-1-4-10-29)16-18(21)27-23-19-6-2-5-11-30(19)28-24(23)33-15-13-31/h2,5-8,11,16,25-26,31H,1,3-4,9-10,12-15H2. The number of pyridine rings is 1. The summed E-state index contributed by atoms with van der Waals surface area (Å²) in [5.41, 5.74) is 3.60. The summed E-state index contributed by atoms with van der Waals surface area (Å²) in [6.45, 7) is 3.69. The van der Waals surface area contributed by atoms with Gasteiger partial charge < -0.3 is 19.6 Å². The van der Waals surface area contributed by atoms with Gasteiger partial charge in [0, 0.05) is 30.6 Å². The van der Waals surface area contributed by atoms with E-state index in [2.05, 4.69) is 15.0 Å². The highest BCUT2D eigenvalue weighted by Gasteiger charge is 2.25. The van der Waals surface area contributed by atoms with E-state index in [4.69, 9.17) is 19.9 Å².